The number of nitrogens with two attached hydrogens (primary N) is 1. The van der Waals surface area contributed by atoms with Crippen LogP contribution < -0.4 is 15.8 Å². The summed E-state index contributed by atoms with van der Waals surface area (Å²) in [4.78, 5) is 15.7. The van der Waals surface area contributed by atoms with E-state index in [0.717, 1.165) is 6.07 Å². The highest BCUT2D eigenvalue weighted by Gasteiger charge is 2.23. The number of rotatable bonds is 7. The second kappa shape index (κ2) is 8.40. The van der Waals surface area contributed by atoms with Gasteiger partial charge in [0.1, 0.15) is 11.6 Å². The second-order valence-corrected chi connectivity index (χ2v) is 7.13. The number of hydrogen-bond donors (Lipinski definition) is 2. The standard InChI is InChI=1S/C21H21F2N5O2/c1-12(22)30-19-6-4-5-17(25-19)21(2,3)26-18-10-9-16(27-28-18)14-11-13(20(24)29)7-8-15(14)23/h4-12H,1-3H3,(H2,24,29)(H,26,28). The number of alkyl halides is 1. The SMILES string of the molecule is CC(F)Oc1cccc(C(C)(C)Nc2ccc(-c3cc(C(N)=O)ccc3F)nn2)n1. The lowest BCUT2D eigenvalue weighted by molar-refractivity contribution is 0.0805. The maximum Gasteiger partial charge on any atom is 0.248 e. The molecule has 0 saturated heterocycles. The summed E-state index contributed by atoms with van der Waals surface area (Å²) in [5, 5.41) is 11.3. The molecular weight excluding hydrogens is 392 g/mol. The monoisotopic (exact) mass is 413 g/mol. The van der Waals surface area contributed by atoms with E-state index in [9.17, 15) is 13.6 Å². The Bertz CT molecular complexity index is 1060. The van der Waals surface area contributed by atoms with E-state index in [-0.39, 0.29) is 22.7 Å². The molecule has 0 aliphatic heterocycles. The Balaban J connectivity index is 1.82. The van der Waals surface area contributed by atoms with Crippen molar-refractivity contribution in [3.8, 4) is 17.1 Å². The maximum atomic E-state index is 14.2. The van der Waals surface area contributed by atoms with Crippen molar-refractivity contribution in [3.63, 3.8) is 0 Å². The predicted molar refractivity (Wildman–Crippen MR) is 108 cm³/mol. The molecule has 2 aromatic heterocycles. The first-order valence-corrected chi connectivity index (χ1v) is 9.15. The van der Waals surface area contributed by atoms with Crippen molar-refractivity contribution < 1.29 is 18.3 Å². The van der Waals surface area contributed by atoms with Gasteiger partial charge in [-0.25, -0.2) is 13.8 Å². The number of nitrogens with zero attached hydrogens (tertiary/aromatic N) is 3. The average Bonchev–Trinajstić information content (AvgIpc) is 2.68. The van der Waals surface area contributed by atoms with Gasteiger partial charge in [0.25, 0.3) is 0 Å². The minimum atomic E-state index is -1.48. The van der Waals surface area contributed by atoms with E-state index in [1.807, 2.05) is 13.8 Å². The lowest BCUT2D eigenvalue weighted by Gasteiger charge is -2.26. The third-order valence-corrected chi connectivity index (χ3v) is 4.28. The summed E-state index contributed by atoms with van der Waals surface area (Å²) in [6.45, 7) is 5.00. The molecule has 1 unspecified atom stereocenters. The van der Waals surface area contributed by atoms with Crippen LogP contribution in [0.1, 0.15) is 36.8 Å². The second-order valence-electron chi connectivity index (χ2n) is 7.13. The van der Waals surface area contributed by atoms with Gasteiger partial charge in [0.05, 0.1) is 16.9 Å². The molecule has 1 amide bonds. The molecule has 156 valence electrons. The fourth-order valence-corrected chi connectivity index (χ4v) is 2.80. The molecule has 3 aromatic rings. The van der Waals surface area contributed by atoms with Gasteiger partial charge in [-0.1, -0.05) is 6.07 Å². The highest BCUT2D eigenvalue weighted by molar-refractivity contribution is 5.94. The van der Waals surface area contributed by atoms with E-state index in [1.54, 1.807) is 30.3 Å². The Morgan fingerprint density at radius 3 is 2.57 bits per heavy atom. The molecule has 0 aliphatic carbocycles. The Morgan fingerprint density at radius 1 is 1.17 bits per heavy atom. The number of benzene rings is 1. The number of primary amides is 1. The largest absolute Gasteiger partial charge is 0.444 e. The van der Waals surface area contributed by atoms with Crippen LogP contribution in [0.3, 0.4) is 0 Å². The van der Waals surface area contributed by atoms with Gasteiger partial charge in [-0.15, -0.1) is 10.2 Å². The van der Waals surface area contributed by atoms with Crippen molar-refractivity contribution >= 4 is 11.7 Å². The normalized spacial score (nSPS) is 12.3. The fraction of sp³-hybridized carbons (Fsp3) is 0.238. The number of nitrogens with one attached hydrogen (secondary N) is 1. The maximum absolute atomic E-state index is 14.2. The third-order valence-electron chi connectivity index (χ3n) is 4.28. The Kier molecular flexibility index (Phi) is 5.91. The molecule has 0 fully saturated rings. The number of carbonyl (C=O) groups excluding carboxylic acids is 1. The van der Waals surface area contributed by atoms with Crippen molar-refractivity contribution in [1.29, 1.82) is 0 Å². The van der Waals surface area contributed by atoms with Crippen LogP contribution in [0, 0.1) is 5.82 Å². The molecule has 0 aliphatic rings. The zero-order valence-corrected chi connectivity index (χ0v) is 16.7. The molecule has 2 heterocycles. The number of hydrogen-bond acceptors (Lipinski definition) is 6. The molecule has 3 rings (SSSR count). The first-order valence-electron chi connectivity index (χ1n) is 9.15. The quantitative estimate of drug-likeness (QED) is 0.610. The summed E-state index contributed by atoms with van der Waals surface area (Å²) in [6, 6.07) is 12.1. The Labute approximate surface area is 172 Å². The first kappa shape index (κ1) is 21.1. The van der Waals surface area contributed by atoms with Crippen LogP contribution in [0.15, 0.2) is 48.5 Å². The van der Waals surface area contributed by atoms with Gasteiger partial charge in [0.15, 0.2) is 0 Å². The highest BCUT2D eigenvalue weighted by Crippen LogP contribution is 2.27. The fourth-order valence-electron chi connectivity index (χ4n) is 2.80. The highest BCUT2D eigenvalue weighted by atomic mass is 19.1. The number of pyridine rings is 1. The van der Waals surface area contributed by atoms with Crippen molar-refractivity contribution in [3.05, 3.63) is 65.6 Å². The van der Waals surface area contributed by atoms with Crippen LogP contribution in [0.2, 0.25) is 0 Å². The van der Waals surface area contributed by atoms with Crippen molar-refractivity contribution in [2.24, 2.45) is 5.73 Å². The molecule has 30 heavy (non-hydrogen) atoms. The molecular formula is C21H21F2N5O2. The van der Waals surface area contributed by atoms with E-state index >= 15 is 0 Å². The lowest BCUT2D eigenvalue weighted by Crippen LogP contribution is -2.30. The molecule has 0 saturated carbocycles. The number of aromatic nitrogens is 3. The summed E-state index contributed by atoms with van der Waals surface area (Å²) in [6.07, 6.45) is -1.48. The van der Waals surface area contributed by atoms with Crippen molar-refractivity contribution in [1.82, 2.24) is 15.2 Å². The zero-order valence-electron chi connectivity index (χ0n) is 16.7. The van der Waals surface area contributed by atoms with Crippen LogP contribution in [0.25, 0.3) is 11.3 Å². The third kappa shape index (κ3) is 4.86. The van der Waals surface area contributed by atoms with Crippen LogP contribution >= 0.6 is 0 Å². The van der Waals surface area contributed by atoms with Crippen LogP contribution in [-0.4, -0.2) is 27.4 Å². The molecule has 7 nitrogen and oxygen atoms in total. The Hall–Kier alpha value is -3.62. The summed E-state index contributed by atoms with van der Waals surface area (Å²) < 4.78 is 32.2. The van der Waals surface area contributed by atoms with Crippen molar-refractivity contribution in [2.45, 2.75) is 32.7 Å². The number of carbonyl (C=O) groups is 1. The molecule has 1 atom stereocenters. The molecule has 0 radical (unpaired) electrons. The summed E-state index contributed by atoms with van der Waals surface area (Å²) in [5.74, 6) is -0.616. The summed E-state index contributed by atoms with van der Waals surface area (Å²) in [7, 11) is 0. The van der Waals surface area contributed by atoms with E-state index in [1.165, 1.54) is 19.1 Å². The van der Waals surface area contributed by atoms with Gasteiger partial charge in [0, 0.05) is 24.1 Å². The molecule has 9 heteroatoms. The van der Waals surface area contributed by atoms with E-state index in [2.05, 4.69) is 20.5 Å². The first-order chi connectivity index (χ1) is 14.2. The van der Waals surface area contributed by atoms with Crippen LogP contribution in [0.5, 0.6) is 5.88 Å². The van der Waals surface area contributed by atoms with Gasteiger partial charge in [-0.05, 0) is 50.2 Å². The smallest absolute Gasteiger partial charge is 0.248 e. The molecule has 3 N–H and O–H groups in total. The lowest BCUT2D eigenvalue weighted by atomic mass is 10.00. The summed E-state index contributed by atoms with van der Waals surface area (Å²) in [5.41, 5.74) is 5.72. The van der Waals surface area contributed by atoms with Gasteiger partial charge < -0.3 is 15.8 Å². The van der Waals surface area contributed by atoms with Gasteiger partial charge in [0.2, 0.25) is 18.1 Å². The van der Waals surface area contributed by atoms with E-state index in [0.29, 0.717) is 11.5 Å². The number of halogens is 2. The minimum Gasteiger partial charge on any atom is -0.444 e. The van der Waals surface area contributed by atoms with Gasteiger partial charge in [-0.3, -0.25) is 4.79 Å². The van der Waals surface area contributed by atoms with Gasteiger partial charge >= 0.3 is 0 Å². The van der Waals surface area contributed by atoms with Crippen LogP contribution in [-0.2, 0) is 5.54 Å². The predicted octanol–water partition coefficient (Wildman–Crippen LogP) is 3.82. The molecule has 0 spiro atoms. The zero-order chi connectivity index (χ0) is 21.9. The molecule has 0 bridgehead atoms. The number of amides is 1. The summed E-state index contributed by atoms with van der Waals surface area (Å²) >= 11 is 0. The van der Waals surface area contributed by atoms with E-state index in [4.69, 9.17) is 10.5 Å². The van der Waals surface area contributed by atoms with Crippen molar-refractivity contribution in [2.75, 3.05) is 5.32 Å². The van der Waals surface area contributed by atoms with Crippen LogP contribution in [0.4, 0.5) is 14.6 Å². The topological polar surface area (TPSA) is 103 Å². The Morgan fingerprint density at radius 2 is 1.93 bits per heavy atom. The van der Waals surface area contributed by atoms with Gasteiger partial charge in [-0.2, -0.15) is 0 Å². The van der Waals surface area contributed by atoms with E-state index < -0.39 is 23.6 Å². The number of ether oxygens (including phenoxy) is 1. The molecule has 1 aromatic carbocycles. The number of anilines is 1. The minimum absolute atomic E-state index is 0.122. The average molecular weight is 413 g/mol.